The maximum Gasteiger partial charge on any atom is 0.339 e. The van der Waals surface area contributed by atoms with Crippen molar-refractivity contribution in [2.24, 2.45) is 5.10 Å². The van der Waals surface area contributed by atoms with Crippen molar-refractivity contribution in [2.45, 2.75) is 45.6 Å². The molecule has 1 atom stereocenters. The van der Waals surface area contributed by atoms with Gasteiger partial charge >= 0.3 is 6.03 Å². The van der Waals surface area contributed by atoms with E-state index in [1.165, 1.54) is 11.3 Å². The number of carbonyl (C=O) groups is 1. The molecule has 1 aliphatic heterocycles. The minimum Gasteiger partial charge on any atom is -0.369 e. The number of benzene rings is 2. The summed E-state index contributed by atoms with van der Waals surface area (Å²) in [6, 6.07) is 13.4. The van der Waals surface area contributed by atoms with Gasteiger partial charge in [0, 0.05) is 24.0 Å². The van der Waals surface area contributed by atoms with E-state index in [0.29, 0.717) is 5.92 Å². The molecule has 0 aromatic heterocycles. The number of carbonyl (C=O) groups excluding carboxylic acids is 1. The molecule has 2 N–H and O–H groups in total. The molecule has 1 aliphatic rings. The Morgan fingerprint density at radius 3 is 2.67 bits per heavy atom. The van der Waals surface area contributed by atoms with Crippen LogP contribution in [-0.4, -0.2) is 24.8 Å². The Labute approximate surface area is 161 Å². The molecule has 2 aromatic rings. The molecule has 0 fully saturated rings. The zero-order chi connectivity index (χ0) is 19.6. The first-order valence-corrected chi connectivity index (χ1v) is 9.31. The summed E-state index contributed by atoms with van der Waals surface area (Å²) < 4.78 is 0. The van der Waals surface area contributed by atoms with Crippen LogP contribution in [0, 0.1) is 6.92 Å². The molecule has 0 aliphatic carbocycles. The first-order valence-electron chi connectivity index (χ1n) is 9.31. The second-order valence-corrected chi connectivity index (χ2v) is 7.93. The maximum atomic E-state index is 11.9. The number of fused-ring (bicyclic) bond motifs is 1. The zero-order valence-electron chi connectivity index (χ0n) is 16.7. The van der Waals surface area contributed by atoms with E-state index in [4.69, 9.17) is 0 Å². The lowest BCUT2D eigenvalue weighted by molar-refractivity contribution is 0.252. The molecule has 0 unspecified atom stereocenters. The molecule has 2 aromatic carbocycles. The third-order valence-corrected chi connectivity index (χ3v) is 5.42. The van der Waals surface area contributed by atoms with Gasteiger partial charge in [0.2, 0.25) is 0 Å². The second-order valence-electron chi connectivity index (χ2n) is 7.93. The fourth-order valence-corrected chi connectivity index (χ4v) is 3.71. The Balaban J connectivity index is 1.73. The fourth-order valence-electron chi connectivity index (χ4n) is 3.71. The highest BCUT2D eigenvalue weighted by Gasteiger charge is 2.34. The Morgan fingerprint density at radius 1 is 1.26 bits per heavy atom. The molecule has 0 saturated carbocycles. The molecule has 0 spiro atoms. The fraction of sp³-hybridized carbons (Fsp3) is 0.364. The van der Waals surface area contributed by atoms with Crippen LogP contribution in [0.15, 0.2) is 47.6 Å². The van der Waals surface area contributed by atoms with E-state index in [9.17, 15) is 4.79 Å². The predicted octanol–water partition coefficient (Wildman–Crippen LogP) is 4.87. The van der Waals surface area contributed by atoms with Gasteiger partial charge in [-0.1, -0.05) is 25.1 Å². The number of urea groups is 1. The third-order valence-electron chi connectivity index (χ3n) is 5.42. The summed E-state index contributed by atoms with van der Waals surface area (Å²) >= 11 is 0. The van der Waals surface area contributed by atoms with Gasteiger partial charge in [0.1, 0.15) is 0 Å². The largest absolute Gasteiger partial charge is 0.369 e. The molecule has 142 valence electrons. The highest BCUT2D eigenvalue weighted by Crippen LogP contribution is 2.43. The molecule has 2 amide bonds. The van der Waals surface area contributed by atoms with Gasteiger partial charge in [-0.25, -0.2) is 10.2 Å². The van der Waals surface area contributed by atoms with E-state index in [0.717, 1.165) is 23.2 Å². The summed E-state index contributed by atoms with van der Waals surface area (Å²) in [6.07, 6.45) is 2.82. The highest BCUT2D eigenvalue weighted by molar-refractivity contribution is 5.90. The van der Waals surface area contributed by atoms with Crippen LogP contribution in [0.2, 0.25) is 0 Å². The molecule has 0 radical (unpaired) electrons. The molecule has 0 bridgehead atoms. The first-order chi connectivity index (χ1) is 12.8. The number of para-hydroxylation sites is 1. The average Bonchev–Trinajstić information content (AvgIpc) is 2.61. The van der Waals surface area contributed by atoms with E-state index >= 15 is 0 Å². The van der Waals surface area contributed by atoms with Gasteiger partial charge in [-0.05, 0) is 74.1 Å². The summed E-state index contributed by atoms with van der Waals surface area (Å²) in [6.45, 7) is 8.92. The number of hydrogen-bond donors (Lipinski definition) is 2. The maximum absolute atomic E-state index is 11.9. The van der Waals surface area contributed by atoms with Crippen LogP contribution in [0.25, 0.3) is 0 Å². The quantitative estimate of drug-likeness (QED) is 0.603. The number of hydrazone groups is 1. The lowest BCUT2D eigenvalue weighted by atomic mass is 9.79. The number of amides is 2. The standard InChI is InChI=1S/C22H28N4O/c1-15-11-20-19(16(2)13-22(3,4)26(20)5)12-17(15)14-23-25-21(27)24-18-9-7-6-8-10-18/h6-12,14,16H,13H2,1-5H3,(H2,24,25,27)/b23-14+/t16-/m1/s1. The lowest BCUT2D eigenvalue weighted by Gasteiger charge is -2.45. The molecular formula is C22H28N4O. The van der Waals surface area contributed by atoms with E-state index in [1.807, 2.05) is 30.3 Å². The molecule has 1 heterocycles. The minimum absolute atomic E-state index is 0.144. The minimum atomic E-state index is -0.358. The van der Waals surface area contributed by atoms with Gasteiger partial charge in [-0.2, -0.15) is 5.10 Å². The summed E-state index contributed by atoms with van der Waals surface area (Å²) in [5.74, 6) is 0.480. The summed E-state index contributed by atoms with van der Waals surface area (Å²) in [5.41, 5.74) is 8.18. The van der Waals surface area contributed by atoms with Gasteiger partial charge in [-0.3, -0.25) is 0 Å². The summed E-state index contributed by atoms with van der Waals surface area (Å²) in [4.78, 5) is 14.3. The Kier molecular flexibility index (Phi) is 5.22. The van der Waals surface area contributed by atoms with E-state index in [2.05, 4.69) is 67.6 Å². The van der Waals surface area contributed by atoms with Gasteiger partial charge in [0.15, 0.2) is 0 Å². The van der Waals surface area contributed by atoms with Crippen molar-refractivity contribution >= 4 is 23.6 Å². The van der Waals surface area contributed by atoms with Crippen LogP contribution in [0.1, 0.15) is 49.8 Å². The molecule has 27 heavy (non-hydrogen) atoms. The van der Waals surface area contributed by atoms with Crippen molar-refractivity contribution in [3.8, 4) is 0 Å². The smallest absolute Gasteiger partial charge is 0.339 e. The Bertz CT molecular complexity index is 858. The lowest BCUT2D eigenvalue weighted by Crippen LogP contribution is -2.45. The number of nitrogens with zero attached hydrogens (tertiary/aromatic N) is 2. The predicted molar refractivity (Wildman–Crippen MR) is 113 cm³/mol. The van der Waals surface area contributed by atoms with Crippen molar-refractivity contribution in [3.63, 3.8) is 0 Å². The van der Waals surface area contributed by atoms with Crippen LogP contribution >= 0.6 is 0 Å². The van der Waals surface area contributed by atoms with Crippen molar-refractivity contribution in [1.82, 2.24) is 5.43 Å². The van der Waals surface area contributed by atoms with Gasteiger partial charge < -0.3 is 10.2 Å². The number of rotatable bonds is 3. The van der Waals surface area contributed by atoms with Crippen LogP contribution < -0.4 is 15.6 Å². The molecule has 0 saturated heterocycles. The van der Waals surface area contributed by atoms with E-state index < -0.39 is 0 Å². The topological polar surface area (TPSA) is 56.7 Å². The third kappa shape index (κ3) is 4.13. The zero-order valence-corrected chi connectivity index (χ0v) is 16.7. The van der Waals surface area contributed by atoms with Crippen LogP contribution in [-0.2, 0) is 0 Å². The van der Waals surface area contributed by atoms with E-state index in [1.54, 1.807) is 6.21 Å². The number of aryl methyl sites for hydroxylation is 1. The number of hydrogen-bond acceptors (Lipinski definition) is 3. The average molecular weight is 364 g/mol. The first kappa shape index (κ1) is 19.0. The molecule has 5 nitrogen and oxygen atoms in total. The van der Waals surface area contributed by atoms with Gasteiger partial charge in [-0.15, -0.1) is 0 Å². The van der Waals surface area contributed by atoms with Crippen molar-refractivity contribution in [1.29, 1.82) is 0 Å². The van der Waals surface area contributed by atoms with Gasteiger partial charge in [0.05, 0.1) is 6.21 Å². The van der Waals surface area contributed by atoms with Crippen LogP contribution in [0.4, 0.5) is 16.2 Å². The van der Waals surface area contributed by atoms with Crippen LogP contribution in [0.5, 0.6) is 0 Å². The van der Waals surface area contributed by atoms with Crippen molar-refractivity contribution < 1.29 is 4.79 Å². The van der Waals surface area contributed by atoms with E-state index in [-0.39, 0.29) is 11.6 Å². The van der Waals surface area contributed by atoms with Gasteiger partial charge in [0.25, 0.3) is 0 Å². The molecular weight excluding hydrogens is 336 g/mol. The Hall–Kier alpha value is -2.82. The van der Waals surface area contributed by atoms with Crippen molar-refractivity contribution in [2.75, 3.05) is 17.3 Å². The molecule has 3 rings (SSSR count). The van der Waals surface area contributed by atoms with Crippen LogP contribution in [0.3, 0.4) is 0 Å². The normalized spacial score (nSPS) is 18.3. The number of anilines is 2. The highest BCUT2D eigenvalue weighted by atomic mass is 16.2. The number of nitrogens with one attached hydrogen (secondary N) is 2. The SMILES string of the molecule is Cc1cc2c(cc1/C=N/NC(=O)Nc1ccccc1)[C@H](C)CC(C)(C)N2C. The Morgan fingerprint density at radius 2 is 1.96 bits per heavy atom. The second kappa shape index (κ2) is 7.43. The monoisotopic (exact) mass is 364 g/mol. The summed E-state index contributed by atoms with van der Waals surface area (Å²) in [5, 5.41) is 6.86. The van der Waals surface area contributed by atoms with Crippen molar-refractivity contribution in [3.05, 3.63) is 59.2 Å². The summed E-state index contributed by atoms with van der Waals surface area (Å²) in [7, 11) is 2.16. The molecule has 5 heteroatoms.